The molecule has 2 aromatic heterocycles. The fourth-order valence-electron chi connectivity index (χ4n) is 5.16. The van der Waals surface area contributed by atoms with E-state index in [0.29, 0.717) is 37.2 Å². The third kappa shape index (κ3) is 4.50. The van der Waals surface area contributed by atoms with Gasteiger partial charge in [-0.25, -0.2) is 9.79 Å². The zero-order valence-electron chi connectivity index (χ0n) is 21.6. The normalized spacial score (nSPS) is 15.3. The minimum Gasteiger partial charge on any atom is -0.466 e. The summed E-state index contributed by atoms with van der Waals surface area (Å²) >= 11 is 14.2. The number of carbonyl (C=O) groups excluding carboxylic acids is 1. The maximum absolute atomic E-state index is 14.0. The molecule has 6 nitrogen and oxygen atoms in total. The molecule has 0 fully saturated rings. The van der Waals surface area contributed by atoms with Gasteiger partial charge in [-0.15, -0.1) is 0 Å². The molecule has 1 aliphatic heterocycles. The molecule has 1 atom stereocenters. The number of carbonyl (C=O) groups is 1. The van der Waals surface area contributed by atoms with Crippen molar-refractivity contribution in [2.75, 3.05) is 7.11 Å². The zero-order chi connectivity index (χ0) is 28.0. The van der Waals surface area contributed by atoms with Crippen molar-refractivity contribution in [2.24, 2.45) is 4.99 Å². The Hall–Kier alpha value is -3.91. The van der Waals surface area contributed by atoms with Gasteiger partial charge in [0, 0.05) is 38.3 Å². The molecule has 0 radical (unpaired) electrons. The molecule has 0 saturated heterocycles. The second-order valence-electron chi connectivity index (χ2n) is 9.41. The molecule has 6 rings (SSSR count). The van der Waals surface area contributed by atoms with Crippen LogP contribution in [-0.2, 0) is 16.1 Å². The van der Waals surface area contributed by atoms with Gasteiger partial charge >= 0.3 is 5.97 Å². The molecule has 0 N–H and O–H groups in total. The molecule has 9 heteroatoms. The quantitative estimate of drug-likeness (QED) is 0.247. The van der Waals surface area contributed by atoms with E-state index in [-0.39, 0.29) is 5.56 Å². The lowest BCUT2D eigenvalue weighted by Crippen LogP contribution is -2.39. The van der Waals surface area contributed by atoms with Crippen LogP contribution in [0.2, 0.25) is 10.0 Å². The van der Waals surface area contributed by atoms with E-state index in [1.807, 2.05) is 85.1 Å². The number of nitrogens with zero attached hydrogens (tertiary/aromatic N) is 3. The van der Waals surface area contributed by atoms with Crippen LogP contribution in [0, 0.1) is 0 Å². The van der Waals surface area contributed by atoms with E-state index in [1.165, 1.54) is 18.4 Å². The standard InChI is InChI=1S/C31H23Cl2N3O3S/c1-18-27(30(38)39-2)28(19-9-4-3-5-10-19)36-29(37)26(40-31(36)34-18)15-20-16-35(25-14-7-6-11-21(20)25)17-22-23(32)12-8-13-24(22)33/h3-16,28H,17H2,1-2H3. The number of fused-ring (bicyclic) bond motifs is 2. The van der Waals surface area contributed by atoms with Crippen molar-refractivity contribution in [3.8, 4) is 0 Å². The van der Waals surface area contributed by atoms with Crippen LogP contribution in [0.25, 0.3) is 17.0 Å². The Morgan fingerprint density at radius 1 is 1.02 bits per heavy atom. The molecule has 1 unspecified atom stereocenters. The minimum atomic E-state index is -0.643. The highest BCUT2D eigenvalue weighted by Gasteiger charge is 2.33. The minimum absolute atomic E-state index is 0.225. The Morgan fingerprint density at radius 2 is 1.73 bits per heavy atom. The second-order valence-corrected chi connectivity index (χ2v) is 11.2. The summed E-state index contributed by atoms with van der Waals surface area (Å²) in [6.07, 6.45) is 3.89. The summed E-state index contributed by atoms with van der Waals surface area (Å²) in [4.78, 5) is 32.0. The Balaban J connectivity index is 1.53. The summed E-state index contributed by atoms with van der Waals surface area (Å²) in [5.41, 5.74) is 4.15. The zero-order valence-corrected chi connectivity index (χ0v) is 23.9. The molecule has 3 heterocycles. The first-order chi connectivity index (χ1) is 19.4. The summed E-state index contributed by atoms with van der Waals surface area (Å²) < 4.78 is 9.27. The molecule has 1 aliphatic rings. The third-order valence-corrected chi connectivity index (χ3v) is 8.73. The highest BCUT2D eigenvalue weighted by atomic mass is 35.5. The molecular formula is C31H23Cl2N3O3S. The topological polar surface area (TPSA) is 65.6 Å². The maximum atomic E-state index is 14.0. The number of para-hydroxylation sites is 1. The lowest BCUT2D eigenvalue weighted by atomic mass is 9.96. The largest absolute Gasteiger partial charge is 0.466 e. The van der Waals surface area contributed by atoms with Gasteiger partial charge in [-0.2, -0.15) is 0 Å². The van der Waals surface area contributed by atoms with Gasteiger partial charge in [-0.1, -0.05) is 89.1 Å². The van der Waals surface area contributed by atoms with E-state index in [0.717, 1.165) is 27.6 Å². The lowest BCUT2D eigenvalue weighted by molar-refractivity contribution is -0.136. The van der Waals surface area contributed by atoms with E-state index in [4.69, 9.17) is 27.9 Å². The van der Waals surface area contributed by atoms with Crippen LogP contribution in [0.1, 0.15) is 29.7 Å². The van der Waals surface area contributed by atoms with Crippen LogP contribution in [0.4, 0.5) is 0 Å². The average Bonchev–Trinajstić information content (AvgIpc) is 3.46. The van der Waals surface area contributed by atoms with Crippen LogP contribution in [0.15, 0.2) is 100 Å². The number of hydrogen-bond acceptors (Lipinski definition) is 5. The van der Waals surface area contributed by atoms with Gasteiger partial charge in [0.25, 0.3) is 5.56 Å². The van der Waals surface area contributed by atoms with Crippen LogP contribution in [-0.4, -0.2) is 22.2 Å². The molecule has 0 aliphatic carbocycles. The number of ether oxygens (including phenoxy) is 1. The monoisotopic (exact) mass is 587 g/mol. The van der Waals surface area contributed by atoms with Gasteiger partial charge in [0.05, 0.1) is 35.5 Å². The number of rotatable bonds is 5. The van der Waals surface area contributed by atoms with Crippen LogP contribution >= 0.6 is 34.5 Å². The highest BCUT2D eigenvalue weighted by Crippen LogP contribution is 2.31. The van der Waals surface area contributed by atoms with Crippen molar-refractivity contribution in [3.05, 3.63) is 137 Å². The molecular weight excluding hydrogens is 565 g/mol. The van der Waals surface area contributed by atoms with Crippen molar-refractivity contribution in [3.63, 3.8) is 0 Å². The predicted molar refractivity (Wildman–Crippen MR) is 160 cm³/mol. The van der Waals surface area contributed by atoms with Crippen LogP contribution in [0.3, 0.4) is 0 Å². The third-order valence-electron chi connectivity index (χ3n) is 7.04. The molecule has 0 saturated carbocycles. The molecule has 40 heavy (non-hydrogen) atoms. The van der Waals surface area contributed by atoms with E-state index in [9.17, 15) is 9.59 Å². The number of esters is 1. The lowest BCUT2D eigenvalue weighted by Gasteiger charge is -2.24. The number of hydrogen-bond donors (Lipinski definition) is 0. The fraction of sp³-hybridized carbons (Fsp3) is 0.129. The molecule has 0 amide bonds. The number of allylic oxidation sites excluding steroid dienone is 1. The number of aromatic nitrogens is 2. The Labute approximate surface area is 243 Å². The van der Waals surface area contributed by atoms with Gasteiger partial charge in [-0.3, -0.25) is 9.36 Å². The molecule has 3 aromatic carbocycles. The molecule has 5 aromatic rings. The van der Waals surface area contributed by atoms with E-state index in [2.05, 4.69) is 9.56 Å². The molecule has 200 valence electrons. The Bertz CT molecular complexity index is 1980. The van der Waals surface area contributed by atoms with Gasteiger partial charge in [0.15, 0.2) is 4.80 Å². The van der Waals surface area contributed by atoms with Crippen molar-refractivity contribution < 1.29 is 9.53 Å². The molecule has 0 bridgehead atoms. The highest BCUT2D eigenvalue weighted by molar-refractivity contribution is 7.07. The number of halogens is 2. The first-order valence-electron chi connectivity index (χ1n) is 12.5. The van der Waals surface area contributed by atoms with Gasteiger partial charge < -0.3 is 9.30 Å². The SMILES string of the molecule is COC(=O)C1=C(C)N=c2sc(=Cc3cn(Cc4c(Cl)cccc4Cl)c4ccccc34)c(=O)n2C1c1ccccc1. The smallest absolute Gasteiger partial charge is 0.338 e. The molecule has 0 spiro atoms. The number of benzene rings is 3. The number of methoxy groups -OCH3 is 1. The van der Waals surface area contributed by atoms with Gasteiger partial charge in [-0.05, 0) is 36.8 Å². The average molecular weight is 589 g/mol. The van der Waals surface area contributed by atoms with Crippen LogP contribution in [0.5, 0.6) is 0 Å². The summed E-state index contributed by atoms with van der Waals surface area (Å²) in [5.74, 6) is -0.509. The first-order valence-corrected chi connectivity index (χ1v) is 14.1. The summed E-state index contributed by atoms with van der Waals surface area (Å²) in [6, 6.07) is 22.3. The summed E-state index contributed by atoms with van der Waals surface area (Å²) in [5, 5.41) is 2.18. The summed E-state index contributed by atoms with van der Waals surface area (Å²) in [6.45, 7) is 2.25. The Morgan fingerprint density at radius 3 is 2.45 bits per heavy atom. The number of thiazole rings is 1. The van der Waals surface area contributed by atoms with E-state index >= 15 is 0 Å². The second kappa shape index (κ2) is 10.6. The summed E-state index contributed by atoms with van der Waals surface area (Å²) in [7, 11) is 1.33. The van der Waals surface area contributed by atoms with Crippen molar-refractivity contribution in [1.29, 1.82) is 0 Å². The van der Waals surface area contributed by atoms with E-state index in [1.54, 1.807) is 11.5 Å². The van der Waals surface area contributed by atoms with Crippen molar-refractivity contribution >= 4 is 57.5 Å². The van der Waals surface area contributed by atoms with E-state index < -0.39 is 12.0 Å². The first kappa shape index (κ1) is 26.3. The van der Waals surface area contributed by atoms with Gasteiger partial charge in [0.1, 0.15) is 0 Å². The fourth-order valence-corrected chi connectivity index (χ4v) is 6.71. The van der Waals surface area contributed by atoms with Gasteiger partial charge in [0.2, 0.25) is 0 Å². The van der Waals surface area contributed by atoms with Crippen molar-refractivity contribution in [2.45, 2.75) is 19.5 Å². The predicted octanol–water partition coefficient (Wildman–Crippen LogP) is 5.72. The maximum Gasteiger partial charge on any atom is 0.338 e. The van der Waals surface area contributed by atoms with Crippen molar-refractivity contribution in [1.82, 2.24) is 9.13 Å². The Kier molecular flexibility index (Phi) is 6.96. The van der Waals surface area contributed by atoms with Crippen LogP contribution < -0.4 is 14.9 Å².